The van der Waals surface area contributed by atoms with Gasteiger partial charge in [-0.15, -0.1) is 11.3 Å². The van der Waals surface area contributed by atoms with Gasteiger partial charge in [0.25, 0.3) is 21.6 Å². The number of nitro benzene ring substituents is 1. The van der Waals surface area contributed by atoms with E-state index in [0.717, 1.165) is 59.0 Å². The number of sulfonamides is 1. The van der Waals surface area contributed by atoms with E-state index in [0.29, 0.717) is 12.3 Å². The van der Waals surface area contributed by atoms with Gasteiger partial charge in [0.2, 0.25) is 0 Å². The van der Waals surface area contributed by atoms with Crippen molar-refractivity contribution in [1.29, 1.82) is 0 Å². The number of hydrogen-bond donors (Lipinski definition) is 2. The van der Waals surface area contributed by atoms with Crippen LogP contribution < -0.4 is 14.9 Å². The predicted molar refractivity (Wildman–Crippen MR) is 212 cm³/mol. The summed E-state index contributed by atoms with van der Waals surface area (Å²) >= 11 is 3.10. The summed E-state index contributed by atoms with van der Waals surface area (Å²) in [6.45, 7) is 4.58. The number of carbonyl (C=O) groups is 1. The maximum absolute atomic E-state index is 13.2. The Balaban J connectivity index is 0.922. The Bertz CT molecular complexity index is 2310. The largest absolute Gasteiger partial charge is 0.379 e. The van der Waals surface area contributed by atoms with Gasteiger partial charge in [-0.1, -0.05) is 78.5 Å². The van der Waals surface area contributed by atoms with Crippen molar-refractivity contribution in [1.82, 2.24) is 14.6 Å². The molecule has 0 saturated carbocycles. The number of para-hydroxylation sites is 1. The normalized spacial score (nSPS) is 13.5. The molecule has 0 atom stereocenters. The summed E-state index contributed by atoms with van der Waals surface area (Å²) in [5.41, 5.74) is 5.51. The van der Waals surface area contributed by atoms with Crippen molar-refractivity contribution in [3.05, 3.63) is 143 Å². The fourth-order valence-corrected chi connectivity index (χ4v) is 9.23. The molecule has 0 unspecified atom stereocenters. The van der Waals surface area contributed by atoms with Gasteiger partial charge in [0.1, 0.15) is 5.69 Å². The van der Waals surface area contributed by atoms with Gasteiger partial charge in [-0.2, -0.15) is 0 Å². The number of piperazine rings is 1. The summed E-state index contributed by atoms with van der Waals surface area (Å²) in [5, 5.41) is 14.9. The second-order valence-electron chi connectivity index (χ2n) is 12.4. The van der Waals surface area contributed by atoms with E-state index >= 15 is 0 Å². The number of carbonyl (C=O) groups excluding carboxylic acids is 1. The van der Waals surface area contributed by atoms with Crippen molar-refractivity contribution in [3.63, 3.8) is 0 Å². The number of rotatable bonds is 13. The molecule has 0 bridgehead atoms. The van der Waals surface area contributed by atoms with E-state index in [4.69, 9.17) is 0 Å². The number of thiazole rings is 1. The van der Waals surface area contributed by atoms with Crippen molar-refractivity contribution in [2.45, 2.75) is 15.8 Å². The summed E-state index contributed by atoms with van der Waals surface area (Å²) < 4.78 is 30.4. The second-order valence-corrected chi connectivity index (χ2v) is 16.5. The Labute approximate surface area is 315 Å². The van der Waals surface area contributed by atoms with Gasteiger partial charge in [0.05, 0.1) is 20.0 Å². The minimum Gasteiger partial charge on any atom is -0.379 e. The first kappa shape index (κ1) is 36.1. The van der Waals surface area contributed by atoms with E-state index in [1.165, 1.54) is 40.6 Å². The molecule has 6 aromatic rings. The van der Waals surface area contributed by atoms with E-state index in [1.54, 1.807) is 23.5 Å². The van der Waals surface area contributed by atoms with Crippen LogP contribution in [0, 0.1) is 10.1 Å². The zero-order valence-electron chi connectivity index (χ0n) is 28.6. The lowest BCUT2D eigenvalue weighted by Gasteiger charge is -2.36. The molecule has 0 spiro atoms. The van der Waals surface area contributed by atoms with Gasteiger partial charge in [-0.05, 0) is 65.2 Å². The van der Waals surface area contributed by atoms with Crippen LogP contribution in [0.5, 0.6) is 0 Å². The van der Waals surface area contributed by atoms with Crippen LogP contribution in [0.25, 0.3) is 21.3 Å². The predicted octanol–water partition coefficient (Wildman–Crippen LogP) is 7.52. The van der Waals surface area contributed by atoms with Crippen LogP contribution in [-0.2, 0) is 16.6 Å². The highest BCUT2D eigenvalue weighted by molar-refractivity contribution is 8.01. The number of amides is 1. The number of fused-ring (bicyclic) bond motifs is 1. The monoisotopic (exact) mass is 764 g/mol. The smallest absolute Gasteiger partial charge is 0.293 e. The van der Waals surface area contributed by atoms with Crippen molar-refractivity contribution < 1.29 is 18.1 Å². The third-order valence-electron chi connectivity index (χ3n) is 8.98. The van der Waals surface area contributed by atoms with Crippen LogP contribution in [0.15, 0.2) is 131 Å². The number of nitrogens with zero attached hydrogens (tertiary/aromatic N) is 4. The zero-order valence-corrected chi connectivity index (χ0v) is 31.0. The number of nitrogens with one attached hydrogen (secondary N) is 2. The highest BCUT2D eigenvalue weighted by Gasteiger charge is 2.25. The second kappa shape index (κ2) is 16.2. The van der Waals surface area contributed by atoms with E-state index in [1.807, 2.05) is 42.5 Å². The van der Waals surface area contributed by atoms with Crippen molar-refractivity contribution >= 4 is 66.3 Å². The molecule has 14 heteroatoms. The lowest BCUT2D eigenvalue weighted by atomic mass is 9.99. The molecule has 1 aromatic heterocycles. The maximum atomic E-state index is 13.2. The van der Waals surface area contributed by atoms with Crippen molar-refractivity contribution in [3.8, 4) is 11.1 Å². The van der Waals surface area contributed by atoms with Gasteiger partial charge >= 0.3 is 0 Å². The molecule has 1 saturated heterocycles. The summed E-state index contributed by atoms with van der Waals surface area (Å²) in [5.74, 6) is -0.234. The zero-order chi connectivity index (χ0) is 36.8. The van der Waals surface area contributed by atoms with Crippen molar-refractivity contribution in [2.75, 3.05) is 48.7 Å². The van der Waals surface area contributed by atoms with Crippen LogP contribution in [-0.4, -0.2) is 67.6 Å². The summed E-state index contributed by atoms with van der Waals surface area (Å²) in [7, 11) is -4.40. The Hall–Kier alpha value is -5.28. The number of thioether (sulfide) groups is 1. The van der Waals surface area contributed by atoms with Crippen LogP contribution in [0.4, 0.5) is 17.1 Å². The molecule has 1 amide bonds. The van der Waals surface area contributed by atoms with E-state index in [-0.39, 0.29) is 16.1 Å². The average molecular weight is 765 g/mol. The Morgan fingerprint density at radius 2 is 1.58 bits per heavy atom. The number of nitro groups is 1. The third kappa shape index (κ3) is 8.69. The van der Waals surface area contributed by atoms with Crippen LogP contribution in [0.1, 0.15) is 15.9 Å². The SMILES string of the molecule is O=C(NS(=O)(=O)c1ccc(NCCSc2nc3ccccc3s2)c([N+](=O)[O-])c1)c1ccc(N2CCN(Cc3ccccc3-c3ccccc3)CC2)cc1. The summed E-state index contributed by atoms with van der Waals surface area (Å²) in [4.78, 5) is 33.2. The van der Waals surface area contributed by atoms with Gasteiger partial charge in [-0.3, -0.25) is 19.8 Å². The molecule has 270 valence electrons. The summed E-state index contributed by atoms with van der Waals surface area (Å²) in [6, 6.07) is 37.1. The Morgan fingerprint density at radius 3 is 2.34 bits per heavy atom. The molecule has 53 heavy (non-hydrogen) atoms. The molecule has 1 fully saturated rings. The van der Waals surface area contributed by atoms with Gasteiger partial charge < -0.3 is 10.2 Å². The van der Waals surface area contributed by atoms with Crippen LogP contribution >= 0.6 is 23.1 Å². The minimum absolute atomic E-state index is 0.159. The number of benzene rings is 5. The molecule has 0 aliphatic carbocycles. The average Bonchev–Trinajstić information content (AvgIpc) is 3.60. The minimum atomic E-state index is -4.40. The summed E-state index contributed by atoms with van der Waals surface area (Å²) in [6.07, 6.45) is 0. The molecule has 2 N–H and O–H groups in total. The lowest BCUT2D eigenvalue weighted by molar-refractivity contribution is -0.384. The Morgan fingerprint density at radius 1 is 0.868 bits per heavy atom. The Kier molecular flexibility index (Phi) is 11.0. The quantitative estimate of drug-likeness (QED) is 0.0526. The molecular weight excluding hydrogens is 729 g/mol. The molecular formula is C39H36N6O5S3. The topological polar surface area (TPSA) is 138 Å². The number of hydrogen-bond acceptors (Lipinski definition) is 11. The van der Waals surface area contributed by atoms with Gasteiger partial charge in [-0.25, -0.2) is 18.1 Å². The molecule has 5 aromatic carbocycles. The first-order chi connectivity index (χ1) is 25.7. The third-order valence-corrected chi connectivity index (χ3v) is 12.5. The first-order valence-electron chi connectivity index (χ1n) is 17.0. The van der Waals surface area contributed by atoms with Crippen LogP contribution in [0.3, 0.4) is 0 Å². The maximum Gasteiger partial charge on any atom is 0.293 e. The van der Waals surface area contributed by atoms with Gasteiger partial charge in [0.15, 0.2) is 4.34 Å². The number of aromatic nitrogens is 1. The van der Waals surface area contributed by atoms with E-state index in [2.05, 4.69) is 73.4 Å². The lowest BCUT2D eigenvalue weighted by Crippen LogP contribution is -2.46. The molecule has 7 rings (SSSR count). The molecule has 2 heterocycles. The first-order valence-corrected chi connectivity index (χ1v) is 20.3. The molecule has 11 nitrogen and oxygen atoms in total. The number of anilines is 2. The fraction of sp³-hybridized carbons (Fsp3) is 0.179. The molecule has 1 aliphatic heterocycles. The van der Waals surface area contributed by atoms with Gasteiger partial charge in [0, 0.05) is 62.3 Å². The highest BCUT2D eigenvalue weighted by Crippen LogP contribution is 2.31. The fourth-order valence-electron chi connectivity index (χ4n) is 6.24. The standard InChI is InChI=1S/C39H36N6O5S3/c46-38(29-14-16-31(17-15-29)44-23-21-43(22-24-44)27-30-10-4-5-11-33(30)28-8-2-1-3-9-28)42-53(49,50)32-18-19-34(36(26-32)45(47)48)40-20-25-51-39-41-35-12-6-7-13-37(35)52-39/h1-19,26,40H,20-25,27H2,(H,42,46). The van der Waals surface area contributed by atoms with Crippen molar-refractivity contribution in [2.24, 2.45) is 0 Å². The highest BCUT2D eigenvalue weighted by atomic mass is 32.2. The van der Waals surface area contributed by atoms with E-state index in [9.17, 15) is 23.3 Å². The van der Waals surface area contributed by atoms with E-state index < -0.39 is 26.5 Å². The molecule has 0 radical (unpaired) electrons. The van der Waals surface area contributed by atoms with Crippen LogP contribution in [0.2, 0.25) is 0 Å². The molecule has 1 aliphatic rings.